The summed E-state index contributed by atoms with van der Waals surface area (Å²) in [6.45, 7) is 1.97. The second-order valence-corrected chi connectivity index (χ2v) is 4.06. The summed E-state index contributed by atoms with van der Waals surface area (Å²) >= 11 is 0. The number of likely N-dealkylation sites (N-methyl/N-ethyl adjacent to an activating group) is 1. The van der Waals surface area contributed by atoms with Crippen LogP contribution in [0.4, 0.5) is 5.82 Å². The van der Waals surface area contributed by atoms with Gasteiger partial charge in [-0.25, -0.2) is 0 Å². The summed E-state index contributed by atoms with van der Waals surface area (Å²) in [5.41, 5.74) is 0.552. The van der Waals surface area contributed by atoms with Crippen LogP contribution in [0.1, 0.15) is 18.4 Å². The molecule has 2 heterocycles. The normalized spacial score (nSPS) is 20.6. The van der Waals surface area contributed by atoms with Crippen molar-refractivity contribution in [3.8, 4) is 6.07 Å². The molecule has 2 rings (SSSR count). The van der Waals surface area contributed by atoms with E-state index in [0.717, 1.165) is 13.1 Å². The number of nitriles is 1. The maximum atomic E-state index is 8.89. The molecule has 0 bridgehead atoms. The first kappa shape index (κ1) is 10.8. The van der Waals surface area contributed by atoms with Gasteiger partial charge in [-0.2, -0.15) is 10.4 Å². The summed E-state index contributed by atoms with van der Waals surface area (Å²) in [4.78, 5) is 2.33. The van der Waals surface area contributed by atoms with Gasteiger partial charge in [0.15, 0.2) is 5.82 Å². The fourth-order valence-corrected chi connectivity index (χ4v) is 2.00. The number of rotatable bonds is 3. The van der Waals surface area contributed by atoms with E-state index in [-0.39, 0.29) is 0 Å². The average molecular weight is 217 g/mol. The summed E-state index contributed by atoms with van der Waals surface area (Å²) in [6.07, 6.45) is 3.98. The molecule has 1 aliphatic heterocycles. The minimum absolute atomic E-state index is 0.536. The third-order valence-corrected chi connectivity index (χ3v) is 3.02. The Kier molecular flexibility index (Phi) is 3.32. The number of anilines is 1. The fourth-order valence-electron chi connectivity index (χ4n) is 2.00. The first-order valence-electron chi connectivity index (χ1n) is 5.47. The largest absolute Gasteiger partial charge is 0.366 e. The molecule has 5 heteroatoms. The molecule has 0 aliphatic carbocycles. The first-order valence-corrected chi connectivity index (χ1v) is 5.47. The van der Waals surface area contributed by atoms with Crippen LogP contribution >= 0.6 is 0 Å². The van der Waals surface area contributed by atoms with E-state index in [1.165, 1.54) is 19.0 Å². The van der Waals surface area contributed by atoms with Gasteiger partial charge in [0.25, 0.3) is 0 Å². The van der Waals surface area contributed by atoms with Crippen LogP contribution in [0.2, 0.25) is 0 Å². The number of likely N-dealkylation sites (tertiary alicyclic amines) is 1. The summed E-state index contributed by atoms with van der Waals surface area (Å²) in [7, 11) is 2.13. The predicted molar refractivity (Wildman–Crippen MR) is 60.9 cm³/mol. The fraction of sp³-hybridized carbons (Fsp3) is 0.545. The van der Waals surface area contributed by atoms with E-state index >= 15 is 0 Å². The smallest absolute Gasteiger partial charge is 0.166 e. The van der Waals surface area contributed by atoms with Crippen LogP contribution in [-0.4, -0.2) is 41.3 Å². The lowest BCUT2D eigenvalue weighted by molar-refractivity contribution is 0.322. The molecule has 1 saturated heterocycles. The van der Waals surface area contributed by atoms with Crippen molar-refractivity contribution in [3.63, 3.8) is 0 Å². The Hall–Kier alpha value is -1.67. The van der Waals surface area contributed by atoms with Crippen molar-refractivity contribution in [1.82, 2.24) is 15.1 Å². The van der Waals surface area contributed by atoms with Gasteiger partial charge in [0.2, 0.25) is 0 Å². The second kappa shape index (κ2) is 4.90. The van der Waals surface area contributed by atoms with Crippen molar-refractivity contribution in [1.29, 1.82) is 5.26 Å². The summed E-state index contributed by atoms with van der Waals surface area (Å²) in [6, 6.07) is 4.31. The molecular weight excluding hydrogens is 202 g/mol. The minimum atomic E-state index is 0.536. The zero-order valence-electron chi connectivity index (χ0n) is 9.35. The number of aromatic nitrogens is 2. The average Bonchev–Trinajstić information content (AvgIpc) is 2.72. The molecule has 1 aromatic rings. The van der Waals surface area contributed by atoms with E-state index in [4.69, 9.17) is 5.26 Å². The van der Waals surface area contributed by atoms with Gasteiger partial charge in [0.05, 0.1) is 11.8 Å². The van der Waals surface area contributed by atoms with Crippen LogP contribution in [0, 0.1) is 11.3 Å². The molecule has 5 nitrogen and oxygen atoms in total. The third-order valence-electron chi connectivity index (χ3n) is 3.02. The predicted octanol–water partition coefficient (Wildman–Crippen LogP) is 0.854. The van der Waals surface area contributed by atoms with E-state index < -0.39 is 0 Å². The number of hydrogen-bond donors (Lipinski definition) is 1. The molecule has 1 unspecified atom stereocenters. The van der Waals surface area contributed by atoms with Crippen LogP contribution in [-0.2, 0) is 0 Å². The van der Waals surface area contributed by atoms with Crippen molar-refractivity contribution in [2.45, 2.75) is 18.9 Å². The lowest BCUT2D eigenvalue weighted by atomic mass is 10.2. The third kappa shape index (κ3) is 2.28. The van der Waals surface area contributed by atoms with Gasteiger partial charge in [-0.3, -0.25) is 0 Å². The van der Waals surface area contributed by atoms with E-state index in [0.29, 0.717) is 17.4 Å². The summed E-state index contributed by atoms with van der Waals surface area (Å²) in [5.74, 6) is 0.588. The number of hydrogen-bond acceptors (Lipinski definition) is 5. The van der Waals surface area contributed by atoms with Crippen LogP contribution in [0.3, 0.4) is 0 Å². The molecule has 0 spiro atoms. The van der Waals surface area contributed by atoms with Gasteiger partial charge in [0.1, 0.15) is 6.07 Å². The molecule has 0 amide bonds. The Morgan fingerprint density at radius 3 is 3.25 bits per heavy atom. The highest BCUT2D eigenvalue weighted by Gasteiger charge is 2.20. The van der Waals surface area contributed by atoms with Crippen LogP contribution in [0.5, 0.6) is 0 Å². The molecule has 1 atom stereocenters. The zero-order chi connectivity index (χ0) is 11.4. The van der Waals surface area contributed by atoms with Gasteiger partial charge in [-0.15, -0.1) is 5.10 Å². The highest BCUT2D eigenvalue weighted by molar-refractivity contribution is 5.50. The molecule has 1 aliphatic rings. The lowest BCUT2D eigenvalue weighted by Crippen LogP contribution is -2.31. The maximum absolute atomic E-state index is 8.89. The Balaban J connectivity index is 1.97. The second-order valence-electron chi connectivity index (χ2n) is 4.06. The van der Waals surface area contributed by atoms with Crippen LogP contribution < -0.4 is 5.32 Å². The number of nitrogens with one attached hydrogen (secondary N) is 1. The molecule has 0 saturated carbocycles. The van der Waals surface area contributed by atoms with Crippen LogP contribution in [0.25, 0.3) is 0 Å². The molecule has 1 aromatic heterocycles. The van der Waals surface area contributed by atoms with Crippen molar-refractivity contribution in [2.75, 3.05) is 25.5 Å². The highest BCUT2D eigenvalue weighted by Crippen LogP contribution is 2.16. The Labute approximate surface area is 95.1 Å². The lowest BCUT2D eigenvalue weighted by Gasteiger charge is -2.19. The van der Waals surface area contributed by atoms with Crippen LogP contribution in [0.15, 0.2) is 12.3 Å². The molecule has 0 radical (unpaired) electrons. The molecular formula is C11H15N5. The van der Waals surface area contributed by atoms with Gasteiger partial charge in [0, 0.05) is 12.6 Å². The SMILES string of the molecule is CN1CCCC1CNc1nnccc1C#N. The first-order chi connectivity index (χ1) is 7.81. The standard InChI is InChI=1S/C11H15N5/c1-16-6-2-3-10(16)8-13-11-9(7-12)4-5-14-15-11/h4-5,10H,2-3,6,8H2,1H3,(H,13,15). The number of nitrogens with zero attached hydrogens (tertiary/aromatic N) is 4. The highest BCUT2D eigenvalue weighted by atomic mass is 15.2. The van der Waals surface area contributed by atoms with Crippen molar-refractivity contribution in [2.24, 2.45) is 0 Å². The van der Waals surface area contributed by atoms with E-state index in [1.54, 1.807) is 6.07 Å². The molecule has 1 N–H and O–H groups in total. The summed E-state index contributed by atoms with van der Waals surface area (Å²) in [5, 5.41) is 19.8. The van der Waals surface area contributed by atoms with Gasteiger partial charge in [-0.1, -0.05) is 0 Å². The topological polar surface area (TPSA) is 64.8 Å². The molecule has 16 heavy (non-hydrogen) atoms. The Bertz CT molecular complexity index is 398. The maximum Gasteiger partial charge on any atom is 0.166 e. The Morgan fingerprint density at radius 2 is 2.56 bits per heavy atom. The zero-order valence-corrected chi connectivity index (χ0v) is 9.35. The van der Waals surface area contributed by atoms with Gasteiger partial charge < -0.3 is 10.2 Å². The minimum Gasteiger partial charge on any atom is -0.366 e. The van der Waals surface area contributed by atoms with Crippen molar-refractivity contribution in [3.05, 3.63) is 17.8 Å². The van der Waals surface area contributed by atoms with E-state index in [9.17, 15) is 0 Å². The molecule has 84 valence electrons. The Morgan fingerprint density at radius 1 is 1.69 bits per heavy atom. The van der Waals surface area contributed by atoms with E-state index in [2.05, 4.69) is 33.5 Å². The molecule has 0 aromatic carbocycles. The van der Waals surface area contributed by atoms with Gasteiger partial charge in [-0.05, 0) is 32.5 Å². The summed E-state index contributed by atoms with van der Waals surface area (Å²) < 4.78 is 0. The van der Waals surface area contributed by atoms with Gasteiger partial charge >= 0.3 is 0 Å². The van der Waals surface area contributed by atoms with E-state index in [1.807, 2.05) is 0 Å². The van der Waals surface area contributed by atoms with Crippen molar-refractivity contribution < 1.29 is 0 Å². The molecule has 1 fully saturated rings. The quantitative estimate of drug-likeness (QED) is 0.813. The monoisotopic (exact) mass is 217 g/mol. The van der Waals surface area contributed by atoms with Crippen molar-refractivity contribution >= 4 is 5.82 Å².